The maximum atomic E-state index is 13.6. The average molecular weight is 989 g/mol. The topological polar surface area (TPSA) is 328 Å². The van der Waals surface area contributed by atoms with E-state index in [4.69, 9.17) is 21.4 Å². The molecule has 10 amide bonds. The third kappa shape index (κ3) is 14.9. The highest BCUT2D eigenvalue weighted by molar-refractivity contribution is 5.97. The minimum Gasteiger partial charge on any atom is -0.475 e. The lowest BCUT2D eigenvalue weighted by Gasteiger charge is -2.47. The lowest BCUT2D eigenvalue weighted by molar-refractivity contribution is -0.192. The summed E-state index contributed by atoms with van der Waals surface area (Å²) < 4.78 is 31.7. The highest BCUT2D eigenvalue weighted by Crippen LogP contribution is 2.37. The summed E-state index contributed by atoms with van der Waals surface area (Å²) in [6.07, 6.45) is -0.709. The minimum atomic E-state index is -5.08. The van der Waals surface area contributed by atoms with Crippen LogP contribution in [0.3, 0.4) is 0 Å². The number of halogens is 3. The van der Waals surface area contributed by atoms with E-state index in [1.165, 1.54) is 47.8 Å². The molecule has 4 aliphatic rings. The molecule has 0 aromatic carbocycles. The first kappa shape index (κ1) is 57.2. The van der Waals surface area contributed by atoms with Gasteiger partial charge in [-0.3, -0.25) is 47.9 Å². The number of carbonyl (C=O) groups is 11. The first-order valence-electron chi connectivity index (χ1n) is 22.7. The normalized spacial score (nSPS) is 26.6. The predicted molar refractivity (Wildman–Crippen MR) is 236 cm³/mol. The molecule has 27 heteroatoms. The van der Waals surface area contributed by atoms with Gasteiger partial charge >= 0.3 is 12.1 Å². The van der Waals surface area contributed by atoms with Gasteiger partial charge in [-0.1, -0.05) is 13.8 Å². The highest BCUT2D eigenvalue weighted by Gasteiger charge is 2.50. The number of carboxylic acid groups (broad SMARTS) is 1. The van der Waals surface area contributed by atoms with Crippen molar-refractivity contribution in [3.05, 3.63) is 0 Å². The van der Waals surface area contributed by atoms with Crippen LogP contribution in [0.1, 0.15) is 71.6 Å². The molecule has 0 unspecified atom stereocenters. The van der Waals surface area contributed by atoms with E-state index in [0.717, 1.165) is 9.80 Å². The summed E-state index contributed by atoms with van der Waals surface area (Å²) in [6.45, 7) is 1.49. The monoisotopic (exact) mass is 988 g/mol. The van der Waals surface area contributed by atoms with Crippen LogP contribution in [-0.4, -0.2) is 222 Å². The molecule has 1 saturated carbocycles. The number of likely N-dealkylation sites (N-methyl/N-ethyl adjacent to an activating group) is 4. The average Bonchev–Trinajstić information content (AvgIpc) is 3.28. The van der Waals surface area contributed by atoms with Gasteiger partial charge in [-0.05, 0) is 63.7 Å². The largest absolute Gasteiger partial charge is 0.490 e. The molecule has 388 valence electrons. The summed E-state index contributed by atoms with van der Waals surface area (Å²) in [5, 5.41) is 17.6. The number of fused-ring (bicyclic) bond motifs is 2. The number of piperidine rings is 2. The molecular weight excluding hydrogens is 922 g/mol. The second kappa shape index (κ2) is 24.9. The van der Waals surface area contributed by atoms with Gasteiger partial charge in [0.2, 0.25) is 59.1 Å². The van der Waals surface area contributed by atoms with E-state index in [2.05, 4.69) is 21.3 Å². The number of nitrogens with two attached hydrogens (primary N) is 2. The fraction of sp³-hybridized carbons (Fsp3) is 0.738. The van der Waals surface area contributed by atoms with Crippen molar-refractivity contribution < 1.29 is 71.0 Å². The van der Waals surface area contributed by atoms with E-state index < -0.39 is 139 Å². The van der Waals surface area contributed by atoms with E-state index in [-0.39, 0.29) is 26.2 Å². The Morgan fingerprint density at radius 2 is 1.06 bits per heavy atom. The molecule has 0 radical (unpaired) electrons. The Morgan fingerprint density at radius 1 is 0.638 bits per heavy atom. The van der Waals surface area contributed by atoms with Crippen LogP contribution >= 0.6 is 0 Å². The van der Waals surface area contributed by atoms with E-state index >= 15 is 0 Å². The Hall–Kier alpha value is -6.12. The van der Waals surface area contributed by atoms with Crippen LogP contribution in [0.15, 0.2) is 0 Å². The van der Waals surface area contributed by atoms with Crippen LogP contribution in [0, 0.1) is 5.92 Å². The molecule has 3 aliphatic heterocycles. The van der Waals surface area contributed by atoms with Gasteiger partial charge in [0.15, 0.2) is 0 Å². The first-order valence-corrected chi connectivity index (χ1v) is 22.7. The molecular formula is C42H67F3N12O12. The number of aliphatic carboxylic acids is 1. The predicted octanol–water partition coefficient (Wildman–Crippen LogP) is -3.70. The Balaban J connectivity index is 0.00000167. The zero-order valence-electron chi connectivity index (χ0n) is 39.9. The summed E-state index contributed by atoms with van der Waals surface area (Å²) in [5.74, 6) is -8.95. The number of carbonyl (C=O) groups excluding carboxylic acids is 10. The van der Waals surface area contributed by atoms with Crippen molar-refractivity contribution in [2.24, 2.45) is 17.4 Å². The molecule has 1 aliphatic carbocycles. The standard InChI is InChI=1S/C40H66N12O10.C2HF3O2/c1-24(2)33-36(59)43-18-25(41)37(60)51-16-9-7-12-27(51)34(57)45-21-30(54)48(4)23-32(56)50(6)40(14-11-15-40)39(62)46-19-26(42)38(61)52-17-10-8-13-28(52)35(58)44-20-29(53)47(3)22-31(55)49(33)5;3-2(4,5)1(6)7/h24-28,33H,7-23,41-42H2,1-6H3,(H,43,59)(H,44,58)(H,45,57)(H,46,62);(H,6,7)/t25-,26-,27+,28+,33+;/m1./s1. The number of alkyl halides is 3. The third-order valence-electron chi connectivity index (χ3n) is 12.8. The fourth-order valence-corrected chi connectivity index (χ4v) is 8.40. The summed E-state index contributed by atoms with van der Waals surface area (Å²) in [5.41, 5.74) is 11.3. The van der Waals surface area contributed by atoms with Crippen LogP contribution in [0.2, 0.25) is 0 Å². The number of nitrogens with one attached hydrogen (secondary N) is 4. The Labute approximate surface area is 397 Å². The second-order valence-electron chi connectivity index (χ2n) is 18.0. The van der Waals surface area contributed by atoms with Crippen LogP contribution in [0.25, 0.3) is 0 Å². The number of nitrogens with zero attached hydrogens (tertiary/aromatic N) is 6. The van der Waals surface area contributed by atoms with E-state index in [9.17, 15) is 61.1 Å². The fourth-order valence-electron chi connectivity index (χ4n) is 8.40. The smallest absolute Gasteiger partial charge is 0.475 e. The molecule has 3 saturated heterocycles. The lowest BCUT2D eigenvalue weighted by Crippen LogP contribution is -2.65. The van der Waals surface area contributed by atoms with Gasteiger partial charge in [-0.15, -0.1) is 0 Å². The van der Waals surface area contributed by atoms with Crippen molar-refractivity contribution in [2.75, 3.05) is 80.5 Å². The van der Waals surface area contributed by atoms with E-state index in [0.29, 0.717) is 57.8 Å². The molecule has 1 spiro atoms. The van der Waals surface area contributed by atoms with Gasteiger partial charge in [0.1, 0.15) is 35.7 Å². The number of amides is 10. The molecule has 0 bridgehead atoms. The van der Waals surface area contributed by atoms with Gasteiger partial charge in [0.05, 0.1) is 26.2 Å². The molecule has 3 heterocycles. The van der Waals surface area contributed by atoms with Crippen molar-refractivity contribution in [3.63, 3.8) is 0 Å². The van der Waals surface area contributed by atoms with Crippen LogP contribution < -0.4 is 32.7 Å². The van der Waals surface area contributed by atoms with Gasteiger partial charge in [0, 0.05) is 54.4 Å². The zero-order valence-corrected chi connectivity index (χ0v) is 39.9. The third-order valence-corrected chi connectivity index (χ3v) is 12.8. The molecule has 4 fully saturated rings. The Bertz CT molecular complexity index is 1950. The molecule has 69 heavy (non-hydrogen) atoms. The van der Waals surface area contributed by atoms with Gasteiger partial charge in [-0.2, -0.15) is 13.2 Å². The van der Waals surface area contributed by atoms with Gasteiger partial charge in [-0.25, -0.2) is 4.79 Å². The first-order chi connectivity index (χ1) is 32.2. The summed E-state index contributed by atoms with van der Waals surface area (Å²) >= 11 is 0. The van der Waals surface area contributed by atoms with Crippen LogP contribution in [0.5, 0.6) is 0 Å². The zero-order chi connectivity index (χ0) is 52.1. The van der Waals surface area contributed by atoms with Crippen molar-refractivity contribution >= 4 is 65.0 Å². The molecule has 0 aromatic heterocycles. The second-order valence-corrected chi connectivity index (χ2v) is 18.0. The molecule has 4 rings (SSSR count). The van der Waals surface area contributed by atoms with E-state index in [1.807, 2.05) is 0 Å². The van der Waals surface area contributed by atoms with Gasteiger partial charge < -0.3 is 67.2 Å². The number of hydrogen-bond acceptors (Lipinski definition) is 13. The van der Waals surface area contributed by atoms with Gasteiger partial charge in [0.25, 0.3) is 0 Å². The molecule has 9 N–H and O–H groups in total. The number of carboxylic acids is 1. The maximum absolute atomic E-state index is 13.6. The molecule has 24 nitrogen and oxygen atoms in total. The molecule has 0 aromatic rings. The van der Waals surface area contributed by atoms with E-state index in [1.54, 1.807) is 13.8 Å². The van der Waals surface area contributed by atoms with Crippen LogP contribution in [-0.2, 0) is 52.7 Å². The molecule has 5 atom stereocenters. The number of rotatable bonds is 1. The Morgan fingerprint density at radius 3 is 1.45 bits per heavy atom. The minimum absolute atomic E-state index is 0.214. The van der Waals surface area contributed by atoms with Crippen molar-refractivity contribution in [2.45, 2.75) is 114 Å². The summed E-state index contributed by atoms with van der Waals surface area (Å²) in [6, 6.07) is -5.39. The summed E-state index contributed by atoms with van der Waals surface area (Å²) in [4.78, 5) is 151. The van der Waals surface area contributed by atoms with Crippen LogP contribution in [0.4, 0.5) is 13.2 Å². The van der Waals surface area contributed by atoms with Crippen molar-refractivity contribution in [1.82, 2.24) is 50.7 Å². The SMILES string of the molecule is CC(C)[C@H]1C(=O)NC[C@@H](N)C(=O)N2CCCC[C@H]2C(=O)NCC(=O)N(C)CC(=O)N(C)C2(CCC2)C(=O)NC[C@@H](N)C(=O)N2CCCC[C@H]2C(=O)NCC(=O)N(C)CC(=O)N1C.O=C(O)C(F)(F)F. The van der Waals surface area contributed by atoms with Crippen molar-refractivity contribution in [1.29, 1.82) is 0 Å². The lowest BCUT2D eigenvalue weighted by atomic mass is 9.74. The maximum Gasteiger partial charge on any atom is 0.490 e. The Kier molecular flexibility index (Phi) is 20.7. The summed E-state index contributed by atoms with van der Waals surface area (Å²) in [7, 11) is 5.63. The highest BCUT2D eigenvalue weighted by atomic mass is 19.4. The number of hydrogen-bond donors (Lipinski definition) is 7. The van der Waals surface area contributed by atoms with Crippen molar-refractivity contribution in [3.8, 4) is 0 Å². The quantitative estimate of drug-likeness (QED) is 0.133.